The van der Waals surface area contributed by atoms with Crippen LogP contribution in [-0.4, -0.2) is 19.9 Å². The zero-order chi connectivity index (χ0) is 6.41. The van der Waals surface area contributed by atoms with Crippen molar-refractivity contribution in [3.8, 4) is 0 Å². The van der Waals surface area contributed by atoms with Crippen molar-refractivity contribution in [2.75, 3.05) is 14.1 Å². The van der Waals surface area contributed by atoms with Gasteiger partial charge in [0.25, 0.3) is 0 Å². The van der Waals surface area contributed by atoms with Gasteiger partial charge in [-0.2, -0.15) is 0 Å². The molecule has 0 amide bonds. The molecule has 0 saturated heterocycles. The van der Waals surface area contributed by atoms with Gasteiger partial charge in [-0.05, 0) is 6.42 Å². The maximum absolute atomic E-state index is 3.95. The molecule has 0 saturated carbocycles. The van der Waals surface area contributed by atoms with Gasteiger partial charge >= 0.3 is 0 Å². The summed E-state index contributed by atoms with van der Waals surface area (Å²) in [7, 11) is 3.55. The fraction of sp³-hybridized carbons (Fsp3) is 0.833. The van der Waals surface area contributed by atoms with Gasteiger partial charge in [0.15, 0.2) is 0 Å². The number of hydrogen-bond acceptors (Lipinski definition) is 1. The Morgan fingerprint density at radius 1 is 1.56 bits per heavy atom. The second-order valence-corrected chi connectivity index (χ2v) is 1.61. The summed E-state index contributed by atoms with van der Waals surface area (Å²) in [6, 6.07) is 0. The largest absolute Gasteiger partial charge is 0.473 e. The molecule has 0 aromatic rings. The fourth-order valence-electron chi connectivity index (χ4n) is 0.547. The molecule has 1 radical (unpaired) electrons. The molecule has 3 heteroatoms. The first-order chi connectivity index (χ1) is 3.85. The van der Waals surface area contributed by atoms with Crippen LogP contribution >= 0.6 is 0 Å². The molecule has 0 atom stereocenters. The second-order valence-electron chi connectivity index (χ2n) is 1.61. The Kier molecular flexibility index (Phi) is 11.7. The molecule has 0 fully saturated rings. The van der Waals surface area contributed by atoms with E-state index in [0.717, 1.165) is 18.7 Å². The van der Waals surface area contributed by atoms with Crippen LogP contribution in [0, 0.1) is 0 Å². The third-order valence-electron chi connectivity index (χ3n) is 0.990. The van der Waals surface area contributed by atoms with Crippen molar-refractivity contribution in [2.24, 2.45) is 4.99 Å². The van der Waals surface area contributed by atoms with Crippen molar-refractivity contribution in [1.29, 1.82) is 0 Å². The molecule has 0 aliphatic rings. The molecule has 0 unspecified atom stereocenters. The Morgan fingerprint density at radius 3 is 2.22 bits per heavy atom. The van der Waals surface area contributed by atoms with Crippen LogP contribution in [0.4, 0.5) is 0 Å². The van der Waals surface area contributed by atoms with Gasteiger partial charge in [0.05, 0.1) is 0 Å². The minimum Gasteiger partial charge on any atom is -0.473 e. The molecule has 0 aliphatic carbocycles. The Balaban J connectivity index is 0. The van der Waals surface area contributed by atoms with Crippen molar-refractivity contribution in [3.05, 3.63) is 5.32 Å². The van der Waals surface area contributed by atoms with E-state index in [1.165, 1.54) is 0 Å². The molecule has 0 heterocycles. The monoisotopic (exact) mass is 202 g/mol. The van der Waals surface area contributed by atoms with Crippen molar-refractivity contribution in [3.63, 3.8) is 0 Å². The van der Waals surface area contributed by atoms with Crippen LogP contribution < -0.4 is 0 Å². The topological polar surface area (TPSA) is 26.5 Å². The first-order valence-electron chi connectivity index (χ1n) is 2.90. The van der Waals surface area contributed by atoms with E-state index < -0.39 is 0 Å². The standard InChI is InChI=1S/C6H13N2.Y/c1-4-5-6(7-2)8-3;/h4-5H2,1-3H3;/q-1;. The zero-order valence-electron chi connectivity index (χ0n) is 6.39. The van der Waals surface area contributed by atoms with Crippen LogP contribution in [0.15, 0.2) is 4.99 Å². The van der Waals surface area contributed by atoms with E-state index in [1.807, 2.05) is 0 Å². The Morgan fingerprint density at radius 2 is 2.11 bits per heavy atom. The van der Waals surface area contributed by atoms with Crippen LogP contribution in [0.1, 0.15) is 19.8 Å². The molecule has 0 bridgehead atoms. The van der Waals surface area contributed by atoms with Gasteiger partial charge < -0.3 is 10.3 Å². The van der Waals surface area contributed by atoms with Gasteiger partial charge in [-0.1, -0.05) is 33.3 Å². The van der Waals surface area contributed by atoms with E-state index in [-0.39, 0.29) is 32.7 Å². The number of amidine groups is 1. The molecule has 0 N–H and O–H groups in total. The van der Waals surface area contributed by atoms with Gasteiger partial charge in [-0.25, -0.2) is 0 Å². The van der Waals surface area contributed by atoms with E-state index >= 15 is 0 Å². The van der Waals surface area contributed by atoms with Crippen molar-refractivity contribution < 1.29 is 32.7 Å². The fourth-order valence-corrected chi connectivity index (χ4v) is 0.547. The van der Waals surface area contributed by atoms with Gasteiger partial charge in [0, 0.05) is 32.7 Å². The normalized spacial score (nSPS) is 10.3. The van der Waals surface area contributed by atoms with E-state index in [1.54, 1.807) is 14.1 Å². The Hall–Kier alpha value is 0.574. The van der Waals surface area contributed by atoms with Crippen LogP contribution in [0.2, 0.25) is 0 Å². The van der Waals surface area contributed by atoms with E-state index in [4.69, 9.17) is 0 Å². The second kappa shape index (κ2) is 8.57. The van der Waals surface area contributed by atoms with Crippen LogP contribution in [-0.2, 0) is 32.7 Å². The van der Waals surface area contributed by atoms with Crippen molar-refractivity contribution in [2.45, 2.75) is 19.8 Å². The molecule has 0 rings (SSSR count). The summed E-state index contributed by atoms with van der Waals surface area (Å²) >= 11 is 0. The summed E-state index contributed by atoms with van der Waals surface area (Å²) in [4.78, 5) is 3.95. The number of aliphatic imine (C=N–C) groups is 1. The average molecular weight is 202 g/mol. The molecule has 0 aliphatic heterocycles. The first-order valence-corrected chi connectivity index (χ1v) is 2.90. The Labute approximate surface area is 82.4 Å². The minimum absolute atomic E-state index is 0. The predicted octanol–water partition coefficient (Wildman–Crippen LogP) is 1.82. The average Bonchev–Trinajstić information content (AvgIpc) is 1.83. The van der Waals surface area contributed by atoms with Gasteiger partial charge in [0.2, 0.25) is 0 Å². The van der Waals surface area contributed by atoms with Gasteiger partial charge in [0.1, 0.15) is 0 Å². The van der Waals surface area contributed by atoms with Crippen LogP contribution in [0.3, 0.4) is 0 Å². The van der Waals surface area contributed by atoms with E-state index in [0.29, 0.717) is 0 Å². The number of hydrogen-bond donors (Lipinski definition) is 0. The summed E-state index contributed by atoms with van der Waals surface area (Å²) in [6.45, 7) is 2.12. The number of rotatable bonds is 2. The molecule has 0 spiro atoms. The molecular formula is C6H13N2Y-. The third-order valence-corrected chi connectivity index (χ3v) is 0.990. The van der Waals surface area contributed by atoms with Gasteiger partial charge in [-0.3, -0.25) is 0 Å². The minimum atomic E-state index is 0. The maximum Gasteiger partial charge on any atom is 0 e. The summed E-state index contributed by atoms with van der Waals surface area (Å²) in [5.41, 5.74) is 0. The molecular weight excluding hydrogens is 189 g/mol. The van der Waals surface area contributed by atoms with Crippen LogP contribution in [0.25, 0.3) is 5.32 Å². The number of nitrogens with zero attached hydrogens (tertiary/aromatic N) is 2. The molecule has 0 aromatic heterocycles. The SMILES string of the molecule is CCCC(=NC)[N-]C.[Y]. The zero-order valence-corrected chi connectivity index (χ0v) is 9.22. The summed E-state index contributed by atoms with van der Waals surface area (Å²) in [5, 5.41) is 3.95. The Bertz CT molecular complexity index is 81.1. The molecule has 2 nitrogen and oxygen atoms in total. The smallest absolute Gasteiger partial charge is 0 e. The summed E-state index contributed by atoms with van der Waals surface area (Å²) in [6.07, 6.45) is 2.14. The summed E-state index contributed by atoms with van der Waals surface area (Å²) in [5.74, 6) is 0.965. The van der Waals surface area contributed by atoms with Crippen molar-refractivity contribution in [1.82, 2.24) is 0 Å². The summed E-state index contributed by atoms with van der Waals surface area (Å²) < 4.78 is 0. The maximum atomic E-state index is 3.95. The van der Waals surface area contributed by atoms with Gasteiger partial charge in [-0.15, -0.1) is 0 Å². The van der Waals surface area contributed by atoms with E-state index in [9.17, 15) is 0 Å². The first kappa shape index (κ1) is 12.3. The van der Waals surface area contributed by atoms with Crippen LogP contribution in [0.5, 0.6) is 0 Å². The predicted molar refractivity (Wildman–Crippen MR) is 37.5 cm³/mol. The molecule has 51 valence electrons. The molecule has 0 aromatic carbocycles. The third kappa shape index (κ3) is 6.46. The van der Waals surface area contributed by atoms with E-state index in [2.05, 4.69) is 17.2 Å². The quantitative estimate of drug-likeness (QED) is 0.482. The van der Waals surface area contributed by atoms with Crippen molar-refractivity contribution >= 4 is 5.84 Å². The molecule has 9 heavy (non-hydrogen) atoms.